The van der Waals surface area contributed by atoms with Gasteiger partial charge in [0.15, 0.2) is 11.5 Å². The number of nitrogens with zero attached hydrogens (tertiary/aromatic N) is 1. The average Bonchev–Trinajstić information content (AvgIpc) is 2.97. The van der Waals surface area contributed by atoms with Crippen molar-refractivity contribution in [2.45, 2.75) is 19.4 Å². The summed E-state index contributed by atoms with van der Waals surface area (Å²) in [6, 6.07) is 7.99. The van der Waals surface area contributed by atoms with Crippen molar-refractivity contribution in [3.63, 3.8) is 0 Å². The molecule has 1 atom stereocenters. The first-order valence-corrected chi connectivity index (χ1v) is 8.26. The average molecular weight is 356 g/mol. The predicted molar refractivity (Wildman–Crippen MR) is 96.2 cm³/mol. The predicted octanol–water partition coefficient (Wildman–Crippen LogP) is 2.75. The van der Waals surface area contributed by atoms with E-state index in [0.717, 1.165) is 0 Å². The summed E-state index contributed by atoms with van der Waals surface area (Å²) in [7, 11) is 1.52. The highest BCUT2D eigenvalue weighted by Crippen LogP contribution is 2.33. The number of carboxylic acids is 1. The molecule has 0 saturated heterocycles. The Morgan fingerprint density at radius 2 is 2.12 bits per heavy atom. The Balaban J connectivity index is 2.12. The van der Waals surface area contributed by atoms with E-state index in [1.54, 1.807) is 42.7 Å². The fourth-order valence-electron chi connectivity index (χ4n) is 3.02. The molecule has 2 aliphatic rings. The number of rotatable bonds is 7. The summed E-state index contributed by atoms with van der Waals surface area (Å²) in [6.07, 6.45) is 3.14. The topological polar surface area (TPSA) is 93.5 Å². The minimum absolute atomic E-state index is 0.229. The summed E-state index contributed by atoms with van der Waals surface area (Å²) >= 11 is 0. The van der Waals surface area contributed by atoms with Crippen molar-refractivity contribution in [3.05, 3.63) is 58.6 Å². The maximum absolute atomic E-state index is 12.7. The molecule has 0 aliphatic carbocycles. The third-order valence-electron chi connectivity index (χ3n) is 4.20. The second-order valence-corrected chi connectivity index (χ2v) is 5.80. The van der Waals surface area contributed by atoms with Crippen LogP contribution in [-0.4, -0.2) is 34.3 Å². The van der Waals surface area contributed by atoms with Crippen LogP contribution in [0, 0.1) is 0 Å². The molecule has 0 saturated carbocycles. The molecule has 26 heavy (non-hydrogen) atoms. The molecule has 2 heterocycles. The van der Waals surface area contributed by atoms with Crippen molar-refractivity contribution >= 4 is 5.97 Å². The number of carboxylic acid groups (broad SMARTS) is 1. The number of benzene rings is 1. The van der Waals surface area contributed by atoms with E-state index in [4.69, 9.17) is 9.47 Å². The maximum atomic E-state index is 12.7. The Labute approximate surface area is 150 Å². The normalized spacial score (nSPS) is 12.1. The van der Waals surface area contributed by atoms with Gasteiger partial charge in [-0.05, 0) is 36.8 Å². The molecule has 0 amide bonds. The molecule has 0 bridgehead atoms. The first-order valence-electron chi connectivity index (χ1n) is 8.26. The molecule has 0 fully saturated rings. The highest BCUT2D eigenvalue weighted by atomic mass is 16.5. The van der Waals surface area contributed by atoms with Gasteiger partial charge in [0.2, 0.25) is 0 Å². The lowest BCUT2D eigenvalue weighted by atomic mass is 10.0. The van der Waals surface area contributed by atoms with Gasteiger partial charge >= 0.3 is 5.97 Å². The molecule has 7 heteroatoms. The number of fused-ring (bicyclic) bond motifs is 1. The fourth-order valence-corrected chi connectivity index (χ4v) is 3.02. The fraction of sp³-hybridized carbons (Fsp3) is 0.263. The smallest absolute Gasteiger partial charge is 0.305 e. The number of aliphatic carboxylic acids is 1. The molecule has 3 rings (SSSR count). The first-order chi connectivity index (χ1) is 12.5. The SMILES string of the molecule is CCOc1ccc(C(CC(=O)O)n2cc3[nH]cccc-3c2=O)cc1OC. The summed E-state index contributed by atoms with van der Waals surface area (Å²) in [5, 5.41) is 9.36. The molecule has 7 nitrogen and oxygen atoms in total. The Morgan fingerprint density at radius 3 is 2.77 bits per heavy atom. The quantitative estimate of drug-likeness (QED) is 0.679. The van der Waals surface area contributed by atoms with E-state index in [2.05, 4.69) is 4.98 Å². The number of H-pyrrole nitrogens is 1. The lowest BCUT2D eigenvalue weighted by Gasteiger charge is -2.18. The van der Waals surface area contributed by atoms with Gasteiger partial charge in [0.1, 0.15) is 0 Å². The lowest BCUT2D eigenvalue weighted by molar-refractivity contribution is -0.137. The second kappa shape index (κ2) is 7.35. The number of pyridine rings is 1. The second-order valence-electron chi connectivity index (χ2n) is 5.80. The minimum Gasteiger partial charge on any atom is -0.493 e. The summed E-state index contributed by atoms with van der Waals surface area (Å²) in [5.74, 6) is 0.0700. The van der Waals surface area contributed by atoms with E-state index in [1.807, 2.05) is 6.92 Å². The number of carbonyl (C=O) groups is 1. The largest absolute Gasteiger partial charge is 0.493 e. The number of methoxy groups -OCH3 is 1. The van der Waals surface area contributed by atoms with Gasteiger partial charge < -0.3 is 24.1 Å². The first kappa shape index (κ1) is 17.6. The zero-order valence-electron chi connectivity index (χ0n) is 14.6. The summed E-state index contributed by atoms with van der Waals surface area (Å²) in [6.45, 7) is 2.35. The van der Waals surface area contributed by atoms with Crippen molar-refractivity contribution in [2.75, 3.05) is 13.7 Å². The van der Waals surface area contributed by atoms with Crippen LogP contribution in [0.5, 0.6) is 11.5 Å². The standard InChI is InChI=1S/C19H20N2O5/c1-3-26-16-7-6-12(9-17(16)25-2)15(10-18(22)23)21-11-14-13(19(21)24)5-4-8-20-14/h4-9,11,15,20H,3,10H2,1-2H3,(H,22,23). The van der Waals surface area contributed by atoms with Crippen LogP contribution in [0.4, 0.5) is 0 Å². The third kappa shape index (κ3) is 3.28. The van der Waals surface area contributed by atoms with Crippen LogP contribution >= 0.6 is 0 Å². The number of hydrogen-bond donors (Lipinski definition) is 2. The van der Waals surface area contributed by atoms with Gasteiger partial charge in [0.05, 0.1) is 37.4 Å². The molecule has 2 N–H and O–H groups in total. The van der Waals surface area contributed by atoms with Crippen molar-refractivity contribution in [3.8, 4) is 22.8 Å². The highest BCUT2D eigenvalue weighted by Gasteiger charge is 2.24. The van der Waals surface area contributed by atoms with E-state index in [0.29, 0.717) is 34.9 Å². The number of aromatic nitrogens is 2. The van der Waals surface area contributed by atoms with E-state index in [-0.39, 0.29) is 12.0 Å². The zero-order chi connectivity index (χ0) is 18.7. The molecule has 1 unspecified atom stereocenters. The number of hydrogen-bond acceptors (Lipinski definition) is 4. The highest BCUT2D eigenvalue weighted by molar-refractivity contribution is 5.68. The molecule has 136 valence electrons. The Bertz CT molecular complexity index is 943. The van der Waals surface area contributed by atoms with Crippen LogP contribution in [0.1, 0.15) is 24.9 Å². The Kier molecular flexibility index (Phi) is 4.97. The van der Waals surface area contributed by atoms with E-state index in [1.165, 1.54) is 11.7 Å². The number of nitrogens with one attached hydrogen (secondary N) is 1. The number of ether oxygens (including phenoxy) is 2. The van der Waals surface area contributed by atoms with Gasteiger partial charge in [0, 0.05) is 12.4 Å². The number of aromatic amines is 1. The third-order valence-corrected chi connectivity index (χ3v) is 4.20. The van der Waals surface area contributed by atoms with Gasteiger partial charge in [-0.25, -0.2) is 0 Å². The molecular formula is C19H20N2O5. The van der Waals surface area contributed by atoms with Crippen LogP contribution in [0.3, 0.4) is 0 Å². The molecule has 1 aromatic rings. The van der Waals surface area contributed by atoms with E-state index >= 15 is 0 Å². The van der Waals surface area contributed by atoms with Crippen molar-refractivity contribution in [1.82, 2.24) is 9.55 Å². The summed E-state index contributed by atoms with van der Waals surface area (Å²) in [4.78, 5) is 27.2. The van der Waals surface area contributed by atoms with Gasteiger partial charge in [-0.3, -0.25) is 9.59 Å². The van der Waals surface area contributed by atoms with Crippen LogP contribution in [0.2, 0.25) is 0 Å². The van der Waals surface area contributed by atoms with Gasteiger partial charge in [0.25, 0.3) is 5.56 Å². The Morgan fingerprint density at radius 1 is 1.31 bits per heavy atom. The Hall–Kier alpha value is -3.22. The van der Waals surface area contributed by atoms with Crippen LogP contribution in [0.15, 0.2) is 47.5 Å². The molecule has 2 aliphatic heterocycles. The van der Waals surface area contributed by atoms with Gasteiger partial charge in [-0.15, -0.1) is 0 Å². The lowest BCUT2D eigenvalue weighted by Crippen LogP contribution is -2.24. The van der Waals surface area contributed by atoms with Crippen molar-refractivity contribution in [1.29, 1.82) is 0 Å². The summed E-state index contributed by atoms with van der Waals surface area (Å²) < 4.78 is 12.3. The van der Waals surface area contributed by atoms with Crippen LogP contribution < -0.4 is 15.0 Å². The minimum atomic E-state index is -0.996. The van der Waals surface area contributed by atoms with E-state index < -0.39 is 12.0 Å². The van der Waals surface area contributed by atoms with Gasteiger partial charge in [-0.1, -0.05) is 6.07 Å². The van der Waals surface area contributed by atoms with Crippen molar-refractivity contribution in [2.24, 2.45) is 0 Å². The maximum Gasteiger partial charge on any atom is 0.305 e. The monoisotopic (exact) mass is 356 g/mol. The van der Waals surface area contributed by atoms with E-state index in [9.17, 15) is 14.7 Å². The zero-order valence-corrected chi connectivity index (χ0v) is 14.6. The van der Waals surface area contributed by atoms with Crippen LogP contribution in [-0.2, 0) is 4.79 Å². The van der Waals surface area contributed by atoms with Crippen molar-refractivity contribution < 1.29 is 19.4 Å². The molecule has 0 aromatic heterocycles. The van der Waals surface area contributed by atoms with Crippen LogP contribution in [0.25, 0.3) is 11.3 Å². The molecule has 0 spiro atoms. The molecule has 0 radical (unpaired) electrons. The molecule has 1 aromatic carbocycles. The molecular weight excluding hydrogens is 336 g/mol. The van der Waals surface area contributed by atoms with Gasteiger partial charge in [-0.2, -0.15) is 0 Å². The summed E-state index contributed by atoms with van der Waals surface area (Å²) in [5.41, 5.74) is 1.59.